The van der Waals surface area contributed by atoms with E-state index in [-0.39, 0.29) is 30.1 Å². The van der Waals surface area contributed by atoms with Crippen LogP contribution in [0.2, 0.25) is 0 Å². The van der Waals surface area contributed by atoms with E-state index in [4.69, 9.17) is 14.4 Å². The number of carbonyl (C=O) groups is 1. The van der Waals surface area contributed by atoms with Gasteiger partial charge in [0.1, 0.15) is 22.9 Å². The van der Waals surface area contributed by atoms with Gasteiger partial charge >= 0.3 is 5.97 Å². The lowest BCUT2D eigenvalue weighted by Gasteiger charge is -2.17. The van der Waals surface area contributed by atoms with E-state index in [0.717, 1.165) is 35.4 Å². The second-order valence-corrected chi connectivity index (χ2v) is 8.57. The van der Waals surface area contributed by atoms with Crippen molar-refractivity contribution in [1.82, 2.24) is 15.0 Å². The lowest BCUT2D eigenvalue weighted by molar-refractivity contribution is -0.137. The normalized spacial score (nSPS) is 13.1. The highest BCUT2D eigenvalue weighted by molar-refractivity contribution is 5.68. The molecule has 10 heteroatoms. The average Bonchev–Trinajstić information content (AvgIpc) is 3.38. The Kier molecular flexibility index (Phi) is 6.78. The number of halogens is 2. The summed E-state index contributed by atoms with van der Waals surface area (Å²) < 4.78 is 39.8. The van der Waals surface area contributed by atoms with E-state index in [1.54, 1.807) is 13.8 Å². The van der Waals surface area contributed by atoms with E-state index in [1.165, 1.54) is 0 Å². The van der Waals surface area contributed by atoms with Gasteiger partial charge in [-0.1, -0.05) is 12.1 Å². The monoisotopic (exact) mass is 472 g/mol. The third kappa shape index (κ3) is 5.17. The van der Waals surface area contributed by atoms with Gasteiger partial charge in [0.15, 0.2) is 0 Å². The first kappa shape index (κ1) is 23.6. The van der Waals surface area contributed by atoms with Crippen LogP contribution in [0, 0.1) is 11.6 Å². The van der Waals surface area contributed by atoms with Crippen LogP contribution in [0.5, 0.6) is 5.75 Å². The van der Waals surface area contributed by atoms with Crippen LogP contribution in [0.3, 0.4) is 0 Å². The molecule has 0 unspecified atom stereocenters. The summed E-state index contributed by atoms with van der Waals surface area (Å²) in [6.45, 7) is 5.22. The standard InChI is InChI=1S/C24H26F2N4O4/c1-14(2)33-17-11-18(25)22(19(26)12-17)23-27-24(28-34-23)30-9-6-16-10-15(4-5-20(16)30)13-29(3)8-7-21(31)32/h4-5,10-12,14H,6-9,13H2,1-3H3,(H,31,32). The van der Waals surface area contributed by atoms with Crippen molar-refractivity contribution in [3.05, 3.63) is 53.1 Å². The Hall–Kier alpha value is -3.53. The van der Waals surface area contributed by atoms with Crippen molar-refractivity contribution in [2.75, 3.05) is 25.0 Å². The van der Waals surface area contributed by atoms with E-state index < -0.39 is 23.2 Å². The van der Waals surface area contributed by atoms with Gasteiger partial charge in [-0.05, 0) is 49.7 Å². The molecule has 3 aromatic rings. The highest BCUT2D eigenvalue weighted by atomic mass is 19.1. The van der Waals surface area contributed by atoms with Gasteiger partial charge in [0.25, 0.3) is 11.8 Å². The summed E-state index contributed by atoms with van der Waals surface area (Å²) in [7, 11) is 1.88. The lowest BCUT2D eigenvalue weighted by Crippen LogP contribution is -2.21. The molecule has 0 radical (unpaired) electrons. The molecule has 34 heavy (non-hydrogen) atoms. The van der Waals surface area contributed by atoms with Crippen molar-refractivity contribution in [3.8, 4) is 17.2 Å². The predicted molar refractivity (Wildman–Crippen MR) is 121 cm³/mol. The Morgan fingerprint density at radius 3 is 2.68 bits per heavy atom. The number of fused-ring (bicyclic) bond motifs is 1. The number of hydrogen-bond acceptors (Lipinski definition) is 7. The van der Waals surface area contributed by atoms with Gasteiger partial charge in [0.2, 0.25) is 0 Å². The van der Waals surface area contributed by atoms with E-state index in [1.807, 2.05) is 29.0 Å². The Balaban J connectivity index is 1.51. The molecule has 0 saturated carbocycles. The molecule has 180 valence electrons. The van der Waals surface area contributed by atoms with Crippen LogP contribution in [0.25, 0.3) is 11.5 Å². The molecule has 0 fully saturated rings. The maximum absolute atomic E-state index is 14.6. The fraction of sp³-hybridized carbons (Fsp3) is 0.375. The Labute approximate surface area is 195 Å². The molecule has 0 spiro atoms. The van der Waals surface area contributed by atoms with Gasteiger partial charge < -0.3 is 24.2 Å². The first-order chi connectivity index (χ1) is 16.2. The maximum atomic E-state index is 14.6. The predicted octanol–water partition coefficient (Wildman–Crippen LogP) is 4.40. The molecule has 0 aliphatic carbocycles. The number of carboxylic acid groups (broad SMARTS) is 1. The molecule has 0 atom stereocenters. The average molecular weight is 472 g/mol. The number of nitrogens with zero attached hydrogens (tertiary/aromatic N) is 4. The quantitative estimate of drug-likeness (QED) is 0.490. The second kappa shape index (κ2) is 9.76. The smallest absolute Gasteiger partial charge is 0.304 e. The van der Waals surface area contributed by atoms with Crippen LogP contribution in [0.1, 0.15) is 31.4 Å². The van der Waals surface area contributed by atoms with Gasteiger partial charge in [0.05, 0.1) is 12.5 Å². The highest BCUT2D eigenvalue weighted by Gasteiger charge is 2.27. The molecular weight excluding hydrogens is 446 g/mol. The zero-order valence-corrected chi connectivity index (χ0v) is 19.2. The number of rotatable bonds is 9. The molecule has 1 aliphatic rings. The van der Waals surface area contributed by atoms with E-state index in [2.05, 4.69) is 16.2 Å². The van der Waals surface area contributed by atoms with Crippen LogP contribution in [0.15, 0.2) is 34.9 Å². The molecule has 1 aromatic heterocycles. The number of aromatic nitrogens is 2. The summed E-state index contributed by atoms with van der Waals surface area (Å²) in [5.41, 5.74) is 2.65. The van der Waals surface area contributed by atoms with Gasteiger partial charge in [-0.2, -0.15) is 4.98 Å². The minimum absolute atomic E-state index is 0.0873. The summed E-state index contributed by atoms with van der Waals surface area (Å²) in [5.74, 6) is -2.44. The second-order valence-electron chi connectivity index (χ2n) is 8.57. The molecule has 1 aliphatic heterocycles. The zero-order valence-electron chi connectivity index (χ0n) is 19.2. The molecule has 0 bridgehead atoms. The topological polar surface area (TPSA) is 91.9 Å². The van der Waals surface area contributed by atoms with Gasteiger partial charge in [-0.3, -0.25) is 4.79 Å². The number of ether oxygens (including phenoxy) is 1. The number of aliphatic carboxylic acids is 1. The minimum Gasteiger partial charge on any atom is -0.491 e. The summed E-state index contributed by atoms with van der Waals surface area (Å²) >= 11 is 0. The molecule has 1 N–H and O–H groups in total. The largest absolute Gasteiger partial charge is 0.491 e. The lowest BCUT2D eigenvalue weighted by atomic mass is 10.1. The minimum atomic E-state index is -0.843. The summed E-state index contributed by atoms with van der Waals surface area (Å²) in [4.78, 5) is 18.8. The van der Waals surface area contributed by atoms with Crippen molar-refractivity contribution < 1.29 is 27.9 Å². The van der Waals surface area contributed by atoms with Gasteiger partial charge in [0, 0.05) is 37.5 Å². The molecular formula is C24H26F2N4O4. The Bertz CT molecular complexity index is 1170. The maximum Gasteiger partial charge on any atom is 0.304 e. The SMILES string of the molecule is CC(C)Oc1cc(F)c(-c2nc(N3CCc4cc(CN(C)CCC(=O)O)ccc43)no2)c(F)c1. The summed E-state index contributed by atoms with van der Waals surface area (Å²) in [6, 6.07) is 8.17. The number of anilines is 2. The van der Waals surface area contributed by atoms with Crippen LogP contribution in [-0.2, 0) is 17.8 Å². The van der Waals surface area contributed by atoms with Crippen LogP contribution >= 0.6 is 0 Å². The van der Waals surface area contributed by atoms with E-state index >= 15 is 0 Å². The van der Waals surface area contributed by atoms with Crippen LogP contribution in [-0.4, -0.2) is 52.4 Å². The number of hydrogen-bond donors (Lipinski definition) is 1. The summed E-state index contributed by atoms with van der Waals surface area (Å²) in [5, 5.41) is 12.8. The van der Waals surface area contributed by atoms with Crippen LogP contribution in [0.4, 0.5) is 20.4 Å². The molecule has 2 aromatic carbocycles. The van der Waals surface area contributed by atoms with E-state index in [0.29, 0.717) is 19.6 Å². The number of benzene rings is 2. The zero-order chi connectivity index (χ0) is 24.4. The van der Waals surface area contributed by atoms with E-state index in [9.17, 15) is 13.6 Å². The van der Waals surface area contributed by atoms with Gasteiger partial charge in [-0.15, -0.1) is 0 Å². The fourth-order valence-corrected chi connectivity index (χ4v) is 3.96. The molecule has 2 heterocycles. The fourth-order valence-electron chi connectivity index (χ4n) is 3.96. The third-order valence-electron chi connectivity index (χ3n) is 5.46. The van der Waals surface area contributed by atoms with Crippen molar-refractivity contribution in [3.63, 3.8) is 0 Å². The summed E-state index contributed by atoms with van der Waals surface area (Å²) in [6.07, 6.45) is 0.612. The van der Waals surface area contributed by atoms with Crippen molar-refractivity contribution in [2.45, 2.75) is 39.3 Å². The molecule has 0 saturated heterocycles. The highest BCUT2D eigenvalue weighted by Crippen LogP contribution is 2.36. The Morgan fingerprint density at radius 1 is 1.26 bits per heavy atom. The first-order valence-corrected chi connectivity index (χ1v) is 11.0. The first-order valence-electron chi connectivity index (χ1n) is 11.0. The van der Waals surface area contributed by atoms with Crippen molar-refractivity contribution >= 4 is 17.6 Å². The van der Waals surface area contributed by atoms with Crippen molar-refractivity contribution in [2.24, 2.45) is 0 Å². The van der Waals surface area contributed by atoms with Gasteiger partial charge in [-0.25, -0.2) is 8.78 Å². The molecule has 8 nitrogen and oxygen atoms in total. The number of carboxylic acids is 1. The van der Waals surface area contributed by atoms with Crippen molar-refractivity contribution in [1.29, 1.82) is 0 Å². The molecule has 0 amide bonds. The van der Waals surface area contributed by atoms with Crippen LogP contribution < -0.4 is 9.64 Å². The third-order valence-corrected chi connectivity index (χ3v) is 5.46. The molecule has 4 rings (SSSR count). The Morgan fingerprint density at radius 2 is 2.00 bits per heavy atom.